The van der Waals surface area contributed by atoms with Crippen LogP contribution >= 0.6 is 0 Å². The van der Waals surface area contributed by atoms with E-state index in [0.717, 1.165) is 6.07 Å². The van der Waals surface area contributed by atoms with Crippen LogP contribution in [0.1, 0.15) is 5.69 Å². The number of aromatic nitrogens is 2. The van der Waals surface area contributed by atoms with E-state index in [9.17, 15) is 9.90 Å². The molecule has 0 aliphatic carbocycles. The molecule has 0 saturated heterocycles. The van der Waals surface area contributed by atoms with E-state index in [1.807, 2.05) is 0 Å². The van der Waals surface area contributed by atoms with Crippen molar-refractivity contribution in [3.8, 4) is 22.9 Å². The van der Waals surface area contributed by atoms with Gasteiger partial charge >= 0.3 is 0 Å². The lowest BCUT2D eigenvalue weighted by atomic mass is 10.2. The standard InChI is InChI=1S/C14H17N3O4/c1-15-8-10-12(18)7-14(19)17(16-10)11-6-9(20-2)4-5-13(11)21-3/h4-7,15,18H,8H2,1-3H3. The highest BCUT2D eigenvalue weighted by atomic mass is 16.5. The predicted octanol–water partition coefficient (Wildman–Crippen LogP) is 0.675. The van der Waals surface area contributed by atoms with Crippen molar-refractivity contribution in [2.24, 2.45) is 0 Å². The number of nitrogens with zero attached hydrogens (tertiary/aromatic N) is 2. The SMILES string of the molecule is CNCc1nn(-c2cc(OC)ccc2OC)c(=O)cc1O. The Morgan fingerprint density at radius 3 is 2.67 bits per heavy atom. The number of methoxy groups -OCH3 is 2. The molecule has 7 nitrogen and oxygen atoms in total. The molecular weight excluding hydrogens is 274 g/mol. The van der Waals surface area contributed by atoms with Crippen LogP contribution in [0.5, 0.6) is 17.2 Å². The molecule has 1 aromatic heterocycles. The summed E-state index contributed by atoms with van der Waals surface area (Å²) in [7, 11) is 4.76. The molecule has 0 saturated carbocycles. The first kappa shape index (κ1) is 14.9. The second kappa shape index (κ2) is 6.27. The maximum Gasteiger partial charge on any atom is 0.275 e. The zero-order chi connectivity index (χ0) is 15.4. The molecule has 0 aliphatic heterocycles. The molecule has 0 amide bonds. The zero-order valence-electron chi connectivity index (χ0n) is 12.1. The molecule has 2 aromatic rings. The Kier molecular flexibility index (Phi) is 4.44. The number of ether oxygens (including phenoxy) is 2. The van der Waals surface area contributed by atoms with Crippen LogP contribution in [-0.2, 0) is 6.54 Å². The highest BCUT2D eigenvalue weighted by molar-refractivity contribution is 5.51. The van der Waals surface area contributed by atoms with E-state index >= 15 is 0 Å². The van der Waals surface area contributed by atoms with Crippen molar-refractivity contribution in [2.75, 3.05) is 21.3 Å². The molecule has 112 valence electrons. The quantitative estimate of drug-likeness (QED) is 0.842. The van der Waals surface area contributed by atoms with Gasteiger partial charge in [0.25, 0.3) is 5.56 Å². The van der Waals surface area contributed by atoms with Gasteiger partial charge in [0.15, 0.2) is 0 Å². The van der Waals surface area contributed by atoms with Crippen molar-refractivity contribution >= 4 is 0 Å². The zero-order valence-corrected chi connectivity index (χ0v) is 12.1. The molecule has 0 aliphatic rings. The fourth-order valence-electron chi connectivity index (χ4n) is 1.91. The maximum absolute atomic E-state index is 12.1. The molecule has 7 heteroatoms. The Morgan fingerprint density at radius 1 is 1.29 bits per heavy atom. The van der Waals surface area contributed by atoms with Crippen LogP contribution in [-0.4, -0.2) is 36.2 Å². The summed E-state index contributed by atoms with van der Waals surface area (Å²) in [5, 5.41) is 16.8. The van der Waals surface area contributed by atoms with Crippen molar-refractivity contribution in [2.45, 2.75) is 6.54 Å². The normalized spacial score (nSPS) is 10.4. The summed E-state index contributed by atoms with van der Waals surface area (Å²) < 4.78 is 11.6. The van der Waals surface area contributed by atoms with Crippen molar-refractivity contribution in [1.82, 2.24) is 15.1 Å². The third-order valence-electron chi connectivity index (χ3n) is 2.94. The number of rotatable bonds is 5. The molecule has 0 unspecified atom stereocenters. The minimum absolute atomic E-state index is 0.146. The highest BCUT2D eigenvalue weighted by Crippen LogP contribution is 2.26. The average molecular weight is 291 g/mol. The Balaban J connectivity index is 2.65. The largest absolute Gasteiger partial charge is 0.506 e. The van der Waals surface area contributed by atoms with Crippen LogP contribution in [0.3, 0.4) is 0 Å². The van der Waals surface area contributed by atoms with Crippen LogP contribution in [0.4, 0.5) is 0 Å². The molecule has 21 heavy (non-hydrogen) atoms. The maximum atomic E-state index is 12.1. The van der Waals surface area contributed by atoms with Gasteiger partial charge in [-0.2, -0.15) is 9.78 Å². The van der Waals surface area contributed by atoms with Crippen molar-refractivity contribution in [3.05, 3.63) is 40.3 Å². The van der Waals surface area contributed by atoms with Crippen LogP contribution in [0.2, 0.25) is 0 Å². The molecule has 2 N–H and O–H groups in total. The summed E-state index contributed by atoms with van der Waals surface area (Å²) in [6.07, 6.45) is 0. The van der Waals surface area contributed by atoms with E-state index in [2.05, 4.69) is 10.4 Å². The van der Waals surface area contributed by atoms with Gasteiger partial charge in [0.1, 0.15) is 28.6 Å². The van der Waals surface area contributed by atoms with Gasteiger partial charge in [0.05, 0.1) is 14.2 Å². The van der Waals surface area contributed by atoms with Crippen LogP contribution in [0.15, 0.2) is 29.1 Å². The number of nitrogens with one attached hydrogen (secondary N) is 1. The first-order chi connectivity index (χ1) is 10.1. The number of aromatic hydroxyl groups is 1. The summed E-state index contributed by atoms with van der Waals surface area (Å²) >= 11 is 0. The molecule has 0 radical (unpaired) electrons. The Bertz CT molecular complexity index is 697. The first-order valence-electron chi connectivity index (χ1n) is 6.30. The molecular formula is C14H17N3O4. The molecule has 0 atom stereocenters. The van der Waals surface area contributed by atoms with Crippen molar-refractivity contribution < 1.29 is 14.6 Å². The minimum atomic E-state index is -0.459. The Hall–Kier alpha value is -2.54. The third-order valence-corrected chi connectivity index (χ3v) is 2.94. The molecule has 2 rings (SSSR count). The van der Waals surface area contributed by atoms with Gasteiger partial charge in [-0.1, -0.05) is 0 Å². The predicted molar refractivity (Wildman–Crippen MR) is 77.4 cm³/mol. The highest BCUT2D eigenvalue weighted by Gasteiger charge is 2.13. The molecule has 0 spiro atoms. The summed E-state index contributed by atoms with van der Waals surface area (Å²) in [6.45, 7) is 0.332. The fraction of sp³-hybridized carbons (Fsp3) is 0.286. The average Bonchev–Trinajstić information content (AvgIpc) is 2.49. The second-order valence-corrected chi connectivity index (χ2v) is 4.29. The summed E-state index contributed by atoms with van der Waals surface area (Å²) in [5.41, 5.74) is 0.347. The first-order valence-corrected chi connectivity index (χ1v) is 6.30. The van der Waals surface area contributed by atoms with Gasteiger partial charge in [-0.05, 0) is 19.2 Å². The van der Waals surface area contributed by atoms with Gasteiger partial charge in [0.2, 0.25) is 0 Å². The van der Waals surface area contributed by atoms with Gasteiger partial charge in [-0.15, -0.1) is 0 Å². The topological polar surface area (TPSA) is 85.6 Å². The lowest BCUT2D eigenvalue weighted by molar-refractivity contribution is 0.399. The molecule has 0 bridgehead atoms. The Morgan fingerprint density at radius 2 is 2.05 bits per heavy atom. The monoisotopic (exact) mass is 291 g/mol. The van der Waals surface area contributed by atoms with Crippen LogP contribution in [0.25, 0.3) is 5.69 Å². The van der Waals surface area contributed by atoms with Gasteiger partial charge < -0.3 is 19.9 Å². The van der Waals surface area contributed by atoms with E-state index in [0.29, 0.717) is 29.4 Å². The lowest BCUT2D eigenvalue weighted by Crippen LogP contribution is -2.23. The fourth-order valence-corrected chi connectivity index (χ4v) is 1.91. The number of benzene rings is 1. The van der Waals surface area contributed by atoms with Gasteiger partial charge in [-0.25, -0.2) is 0 Å². The van der Waals surface area contributed by atoms with E-state index in [4.69, 9.17) is 9.47 Å². The van der Waals surface area contributed by atoms with E-state index in [1.54, 1.807) is 25.2 Å². The van der Waals surface area contributed by atoms with Gasteiger partial charge in [-0.3, -0.25) is 4.79 Å². The number of hydrogen-bond donors (Lipinski definition) is 2. The minimum Gasteiger partial charge on any atom is -0.506 e. The van der Waals surface area contributed by atoms with Crippen molar-refractivity contribution in [1.29, 1.82) is 0 Å². The van der Waals surface area contributed by atoms with Crippen LogP contribution in [0, 0.1) is 0 Å². The summed E-state index contributed by atoms with van der Waals surface area (Å²) in [6, 6.07) is 6.18. The van der Waals surface area contributed by atoms with E-state index < -0.39 is 5.56 Å². The van der Waals surface area contributed by atoms with E-state index in [-0.39, 0.29) is 5.75 Å². The smallest absolute Gasteiger partial charge is 0.275 e. The molecule has 0 fully saturated rings. The summed E-state index contributed by atoms with van der Waals surface area (Å²) in [5.74, 6) is 0.904. The second-order valence-electron chi connectivity index (χ2n) is 4.29. The van der Waals surface area contributed by atoms with E-state index in [1.165, 1.54) is 18.9 Å². The van der Waals surface area contributed by atoms with Gasteiger partial charge in [0, 0.05) is 18.7 Å². The summed E-state index contributed by atoms with van der Waals surface area (Å²) in [4.78, 5) is 12.1. The molecule has 1 aromatic carbocycles. The lowest BCUT2D eigenvalue weighted by Gasteiger charge is -2.13. The third kappa shape index (κ3) is 2.97. The van der Waals surface area contributed by atoms with Crippen LogP contribution < -0.4 is 20.3 Å². The molecule has 1 heterocycles. The Labute approximate surface area is 121 Å². The van der Waals surface area contributed by atoms with Crippen molar-refractivity contribution in [3.63, 3.8) is 0 Å². The number of hydrogen-bond acceptors (Lipinski definition) is 6.